The van der Waals surface area contributed by atoms with Crippen molar-refractivity contribution in [2.24, 2.45) is 5.41 Å². The number of rotatable bonds is 4. The summed E-state index contributed by atoms with van der Waals surface area (Å²) in [4.78, 5) is 11.4. The first-order valence-electron chi connectivity index (χ1n) is 6.72. The van der Waals surface area contributed by atoms with Gasteiger partial charge in [-0.3, -0.25) is 4.79 Å². The van der Waals surface area contributed by atoms with Crippen LogP contribution in [0.5, 0.6) is 0 Å². The highest BCUT2D eigenvalue weighted by molar-refractivity contribution is 9.11. The fraction of sp³-hybridized carbons (Fsp3) is 0.615. The van der Waals surface area contributed by atoms with Gasteiger partial charge in [0.2, 0.25) is 0 Å². The maximum Gasteiger partial charge on any atom is 0.309 e. The quantitative estimate of drug-likeness (QED) is 0.849. The lowest BCUT2D eigenvalue weighted by Gasteiger charge is -2.37. The summed E-state index contributed by atoms with van der Waals surface area (Å²) in [6, 6.07) is 1.66. The molecule has 1 saturated heterocycles. The number of carboxylic acids is 1. The van der Waals surface area contributed by atoms with Crippen LogP contribution < -0.4 is 0 Å². The number of sulfonamides is 1. The van der Waals surface area contributed by atoms with Gasteiger partial charge in [-0.1, -0.05) is 6.92 Å². The Morgan fingerprint density at radius 1 is 1.48 bits per heavy atom. The summed E-state index contributed by atoms with van der Waals surface area (Å²) in [6.07, 6.45) is 1.26. The molecule has 0 spiro atoms. The van der Waals surface area contributed by atoms with Crippen LogP contribution >= 0.6 is 27.3 Å². The molecule has 0 amide bonds. The molecule has 0 radical (unpaired) electrons. The number of carbonyl (C=O) groups is 1. The minimum Gasteiger partial charge on any atom is -0.481 e. The van der Waals surface area contributed by atoms with Gasteiger partial charge < -0.3 is 5.11 Å². The molecule has 2 heterocycles. The van der Waals surface area contributed by atoms with Crippen LogP contribution in [0.4, 0.5) is 0 Å². The standard InChI is InChI=1S/C13H18BrNO4S2/c1-3-13(12(16)17)4-6-15(7-5-13)21(18,19)10-8-9(2)11(14)20-10/h8H,3-7H2,1-2H3,(H,16,17). The zero-order valence-corrected chi connectivity index (χ0v) is 15.1. The maximum absolute atomic E-state index is 12.6. The molecular formula is C13H18BrNO4S2. The number of halogens is 1. The molecule has 0 aromatic carbocycles. The third-order valence-electron chi connectivity index (χ3n) is 4.24. The van der Waals surface area contributed by atoms with Crippen molar-refractivity contribution in [2.45, 2.75) is 37.3 Å². The molecule has 1 aliphatic rings. The fourth-order valence-corrected chi connectivity index (χ4v) is 6.38. The van der Waals surface area contributed by atoms with E-state index in [1.807, 2.05) is 13.8 Å². The number of aliphatic carboxylic acids is 1. The Bertz CT molecular complexity index is 626. The second kappa shape index (κ2) is 5.98. The van der Waals surface area contributed by atoms with E-state index in [2.05, 4.69) is 15.9 Å². The largest absolute Gasteiger partial charge is 0.481 e. The van der Waals surface area contributed by atoms with Crippen molar-refractivity contribution < 1.29 is 18.3 Å². The van der Waals surface area contributed by atoms with Gasteiger partial charge in [-0.2, -0.15) is 4.31 Å². The number of thiophene rings is 1. The van der Waals surface area contributed by atoms with E-state index >= 15 is 0 Å². The van der Waals surface area contributed by atoms with Crippen LogP contribution in [0.2, 0.25) is 0 Å². The molecule has 2 rings (SSSR count). The molecule has 1 N–H and O–H groups in total. The van der Waals surface area contributed by atoms with Crippen LogP contribution in [0.25, 0.3) is 0 Å². The van der Waals surface area contributed by atoms with Crippen LogP contribution in [0, 0.1) is 12.3 Å². The number of aryl methyl sites for hydroxylation is 1. The summed E-state index contributed by atoms with van der Waals surface area (Å²) in [5.74, 6) is -0.822. The minimum absolute atomic E-state index is 0.261. The molecule has 0 saturated carbocycles. The van der Waals surface area contributed by atoms with Gasteiger partial charge in [-0.25, -0.2) is 8.42 Å². The third-order valence-corrected chi connectivity index (χ3v) is 8.72. The molecule has 0 aliphatic carbocycles. The molecule has 5 nitrogen and oxygen atoms in total. The highest BCUT2D eigenvalue weighted by Crippen LogP contribution is 2.38. The van der Waals surface area contributed by atoms with Crippen molar-refractivity contribution in [1.29, 1.82) is 0 Å². The first-order chi connectivity index (χ1) is 9.73. The highest BCUT2D eigenvalue weighted by Gasteiger charge is 2.42. The van der Waals surface area contributed by atoms with E-state index in [1.165, 1.54) is 15.6 Å². The SMILES string of the molecule is CCC1(C(=O)O)CCN(S(=O)(=O)c2cc(C)c(Br)s2)CC1. The Morgan fingerprint density at radius 3 is 2.43 bits per heavy atom. The van der Waals surface area contributed by atoms with E-state index in [1.54, 1.807) is 6.07 Å². The summed E-state index contributed by atoms with van der Waals surface area (Å²) in [5.41, 5.74) is 0.113. The summed E-state index contributed by atoms with van der Waals surface area (Å²) in [7, 11) is -3.52. The van der Waals surface area contributed by atoms with Gasteiger partial charge in [0, 0.05) is 13.1 Å². The molecule has 0 bridgehead atoms. The van der Waals surface area contributed by atoms with Crippen molar-refractivity contribution in [3.05, 3.63) is 15.4 Å². The van der Waals surface area contributed by atoms with Crippen molar-refractivity contribution in [3.8, 4) is 0 Å². The molecule has 21 heavy (non-hydrogen) atoms. The fourth-order valence-electron chi connectivity index (χ4n) is 2.56. The maximum atomic E-state index is 12.6. The normalized spacial score (nSPS) is 19.6. The van der Waals surface area contributed by atoms with Gasteiger partial charge in [0.25, 0.3) is 10.0 Å². The van der Waals surface area contributed by atoms with Gasteiger partial charge in [0.1, 0.15) is 4.21 Å². The third kappa shape index (κ3) is 3.04. The summed E-state index contributed by atoms with van der Waals surface area (Å²) < 4.78 is 27.7. The minimum atomic E-state index is -3.52. The first-order valence-corrected chi connectivity index (χ1v) is 9.77. The Morgan fingerprint density at radius 2 is 2.05 bits per heavy atom. The molecule has 8 heteroatoms. The first kappa shape index (κ1) is 16.9. The van der Waals surface area contributed by atoms with Crippen LogP contribution in [0.1, 0.15) is 31.7 Å². The second-order valence-corrected chi connectivity index (χ2v) is 9.90. The Balaban J connectivity index is 2.20. The molecule has 1 fully saturated rings. The van der Waals surface area contributed by atoms with Crippen LogP contribution in [-0.2, 0) is 14.8 Å². The van der Waals surface area contributed by atoms with E-state index in [0.717, 1.165) is 9.35 Å². The summed E-state index contributed by atoms with van der Waals surface area (Å²) in [6.45, 7) is 4.22. The molecule has 1 aliphatic heterocycles. The lowest BCUT2D eigenvalue weighted by molar-refractivity contribution is -0.151. The lowest BCUT2D eigenvalue weighted by atomic mass is 9.77. The van der Waals surface area contributed by atoms with Crippen molar-refractivity contribution >= 4 is 43.3 Å². The molecule has 118 valence electrons. The molecule has 1 aromatic rings. The van der Waals surface area contributed by atoms with Gasteiger partial charge >= 0.3 is 5.97 Å². The molecule has 0 atom stereocenters. The van der Waals surface area contributed by atoms with Crippen molar-refractivity contribution in [1.82, 2.24) is 4.31 Å². The van der Waals surface area contributed by atoms with Gasteiger partial charge in [0.05, 0.1) is 9.20 Å². The smallest absolute Gasteiger partial charge is 0.309 e. The van der Waals surface area contributed by atoms with E-state index < -0.39 is 21.4 Å². The van der Waals surface area contributed by atoms with Crippen LogP contribution in [0.3, 0.4) is 0 Å². The topological polar surface area (TPSA) is 74.7 Å². The average Bonchev–Trinajstić information content (AvgIpc) is 2.79. The van der Waals surface area contributed by atoms with E-state index in [-0.39, 0.29) is 13.1 Å². The van der Waals surface area contributed by atoms with E-state index in [4.69, 9.17) is 0 Å². The number of nitrogens with zero attached hydrogens (tertiary/aromatic N) is 1. The Hall–Kier alpha value is -0.440. The van der Waals surface area contributed by atoms with E-state index in [9.17, 15) is 18.3 Å². The van der Waals surface area contributed by atoms with Crippen LogP contribution in [0.15, 0.2) is 14.1 Å². The predicted octanol–water partition coefficient (Wildman–Crippen LogP) is 3.08. The summed E-state index contributed by atoms with van der Waals surface area (Å²) in [5, 5.41) is 9.36. The molecular weight excluding hydrogens is 378 g/mol. The molecule has 1 aromatic heterocycles. The number of hydrogen-bond donors (Lipinski definition) is 1. The Labute approximate surface area is 137 Å². The zero-order valence-electron chi connectivity index (χ0n) is 11.9. The van der Waals surface area contributed by atoms with Gasteiger partial charge in [-0.05, 0) is 53.7 Å². The average molecular weight is 396 g/mol. The van der Waals surface area contributed by atoms with E-state index in [0.29, 0.717) is 23.5 Å². The zero-order chi connectivity index (χ0) is 15.8. The Kier molecular flexibility index (Phi) is 4.82. The monoisotopic (exact) mass is 395 g/mol. The molecule has 0 unspecified atom stereocenters. The van der Waals surface area contributed by atoms with Crippen molar-refractivity contribution in [3.63, 3.8) is 0 Å². The lowest BCUT2D eigenvalue weighted by Crippen LogP contribution is -2.46. The highest BCUT2D eigenvalue weighted by atomic mass is 79.9. The number of carboxylic acid groups (broad SMARTS) is 1. The number of piperidine rings is 1. The van der Waals surface area contributed by atoms with Gasteiger partial charge in [-0.15, -0.1) is 11.3 Å². The second-order valence-electron chi connectivity index (χ2n) is 5.37. The van der Waals surface area contributed by atoms with Crippen molar-refractivity contribution in [2.75, 3.05) is 13.1 Å². The number of hydrogen-bond acceptors (Lipinski definition) is 4. The van der Waals surface area contributed by atoms with Crippen LogP contribution in [-0.4, -0.2) is 36.9 Å². The predicted molar refractivity (Wildman–Crippen MR) is 85.1 cm³/mol. The summed E-state index contributed by atoms with van der Waals surface area (Å²) >= 11 is 4.54. The van der Waals surface area contributed by atoms with Gasteiger partial charge in [0.15, 0.2) is 0 Å².